The number of ether oxygens (including phenoxy) is 1. The number of benzene rings is 1. The van der Waals surface area contributed by atoms with Crippen molar-refractivity contribution in [2.24, 2.45) is 0 Å². The highest BCUT2D eigenvalue weighted by Gasteiger charge is 2.11. The van der Waals surface area contributed by atoms with Crippen molar-refractivity contribution < 1.29 is 19.0 Å². The molecule has 0 bridgehead atoms. The summed E-state index contributed by atoms with van der Waals surface area (Å²) in [6.07, 6.45) is 0.207. The maximum Gasteiger partial charge on any atom is 0.222 e. The van der Waals surface area contributed by atoms with E-state index in [1.165, 1.54) is 23.1 Å². The Morgan fingerprint density at radius 1 is 1.47 bits per heavy atom. The van der Waals surface area contributed by atoms with Gasteiger partial charge in [0.25, 0.3) is 0 Å². The Labute approximate surface area is 112 Å². The molecule has 0 aliphatic carbocycles. The number of aliphatic hydroxyl groups is 1. The van der Waals surface area contributed by atoms with Crippen molar-refractivity contribution in [3.63, 3.8) is 0 Å². The van der Waals surface area contributed by atoms with Crippen molar-refractivity contribution in [1.82, 2.24) is 4.90 Å². The number of hydrogen-bond acceptors (Lipinski definition) is 3. The predicted molar refractivity (Wildman–Crippen MR) is 70.5 cm³/mol. The van der Waals surface area contributed by atoms with Gasteiger partial charge in [-0.3, -0.25) is 4.79 Å². The minimum absolute atomic E-state index is 0.0265. The summed E-state index contributed by atoms with van der Waals surface area (Å²) in [6, 6.07) is 4.03. The van der Waals surface area contributed by atoms with Crippen LogP contribution >= 0.6 is 0 Å². The first kappa shape index (κ1) is 15.4. The lowest BCUT2D eigenvalue weighted by atomic mass is 10.1. The molecule has 106 valence electrons. The largest absolute Gasteiger partial charge is 0.493 e. The van der Waals surface area contributed by atoms with E-state index in [-0.39, 0.29) is 5.91 Å². The fourth-order valence-corrected chi connectivity index (χ4v) is 1.61. The van der Waals surface area contributed by atoms with Gasteiger partial charge in [0.05, 0.1) is 12.7 Å². The number of amides is 1. The second-order valence-corrected chi connectivity index (χ2v) is 4.60. The normalized spacial score (nSPS) is 12.1. The lowest BCUT2D eigenvalue weighted by Gasteiger charge is -2.14. The van der Waals surface area contributed by atoms with Gasteiger partial charge in [-0.25, -0.2) is 4.39 Å². The Balaban J connectivity index is 2.53. The van der Waals surface area contributed by atoms with E-state index in [4.69, 9.17) is 4.74 Å². The molecule has 1 unspecified atom stereocenters. The molecule has 19 heavy (non-hydrogen) atoms. The molecule has 0 saturated heterocycles. The van der Waals surface area contributed by atoms with E-state index >= 15 is 0 Å². The zero-order valence-corrected chi connectivity index (χ0v) is 11.5. The average molecular weight is 269 g/mol. The first-order chi connectivity index (χ1) is 8.91. The van der Waals surface area contributed by atoms with Crippen LogP contribution in [0.2, 0.25) is 0 Å². The maximum atomic E-state index is 13.1. The molecule has 1 N–H and O–H groups in total. The van der Waals surface area contributed by atoms with E-state index in [1.54, 1.807) is 21.0 Å². The molecule has 0 spiro atoms. The zero-order chi connectivity index (χ0) is 14.4. The van der Waals surface area contributed by atoms with Gasteiger partial charge in [0.2, 0.25) is 5.91 Å². The number of carbonyl (C=O) groups is 1. The van der Waals surface area contributed by atoms with Crippen molar-refractivity contribution in [3.05, 3.63) is 29.6 Å². The van der Waals surface area contributed by atoms with Crippen LogP contribution in [-0.4, -0.2) is 36.6 Å². The van der Waals surface area contributed by atoms with Crippen LogP contribution in [0, 0.1) is 5.82 Å². The van der Waals surface area contributed by atoms with Gasteiger partial charge in [0.15, 0.2) is 0 Å². The van der Waals surface area contributed by atoms with Gasteiger partial charge in [0.1, 0.15) is 11.6 Å². The van der Waals surface area contributed by atoms with Crippen LogP contribution in [0.1, 0.15) is 31.4 Å². The number of nitrogens with zero attached hydrogens (tertiary/aromatic N) is 1. The summed E-state index contributed by atoms with van der Waals surface area (Å²) >= 11 is 0. The van der Waals surface area contributed by atoms with Crippen LogP contribution in [-0.2, 0) is 4.79 Å². The molecule has 0 aromatic heterocycles. The molecule has 0 aliphatic rings. The molecule has 0 aliphatic heterocycles. The number of hydrogen-bond donors (Lipinski definition) is 1. The quantitative estimate of drug-likeness (QED) is 0.805. The van der Waals surface area contributed by atoms with Gasteiger partial charge in [-0.2, -0.15) is 0 Å². The predicted octanol–water partition coefficient (Wildman–Crippen LogP) is 2.13. The molecule has 1 rings (SSSR count). The van der Waals surface area contributed by atoms with Crippen LogP contribution < -0.4 is 4.74 Å². The summed E-state index contributed by atoms with van der Waals surface area (Å²) in [5, 5.41) is 9.55. The molecule has 1 amide bonds. The van der Waals surface area contributed by atoms with Crippen molar-refractivity contribution >= 4 is 5.91 Å². The lowest BCUT2D eigenvalue weighted by Crippen LogP contribution is -2.21. The van der Waals surface area contributed by atoms with Gasteiger partial charge in [-0.05, 0) is 25.5 Å². The molecule has 0 radical (unpaired) electrons. The monoisotopic (exact) mass is 269 g/mol. The van der Waals surface area contributed by atoms with Crippen molar-refractivity contribution in [2.75, 3.05) is 20.7 Å². The minimum Gasteiger partial charge on any atom is -0.493 e. The third-order valence-electron chi connectivity index (χ3n) is 2.72. The molecule has 0 heterocycles. The van der Waals surface area contributed by atoms with Crippen LogP contribution in [0.4, 0.5) is 4.39 Å². The molecule has 0 fully saturated rings. The smallest absolute Gasteiger partial charge is 0.222 e. The highest BCUT2D eigenvalue weighted by Crippen LogP contribution is 2.26. The lowest BCUT2D eigenvalue weighted by molar-refractivity contribution is -0.128. The fraction of sp³-hybridized carbons (Fsp3) is 0.500. The topological polar surface area (TPSA) is 49.8 Å². The van der Waals surface area contributed by atoms with Crippen LogP contribution in [0.15, 0.2) is 18.2 Å². The van der Waals surface area contributed by atoms with E-state index in [1.807, 2.05) is 0 Å². The Kier molecular flexibility index (Phi) is 5.76. The van der Waals surface area contributed by atoms with Gasteiger partial charge >= 0.3 is 0 Å². The molecule has 1 aromatic rings. The van der Waals surface area contributed by atoms with E-state index in [9.17, 15) is 14.3 Å². The molecular formula is C14H20FNO3. The van der Waals surface area contributed by atoms with E-state index < -0.39 is 11.9 Å². The SMILES string of the molecule is CC(O)c1ccc(F)cc1OCCCC(=O)N(C)C. The van der Waals surface area contributed by atoms with Crippen LogP contribution in [0.25, 0.3) is 0 Å². The Hall–Kier alpha value is -1.62. The van der Waals surface area contributed by atoms with Crippen molar-refractivity contribution in [1.29, 1.82) is 0 Å². The first-order valence-corrected chi connectivity index (χ1v) is 6.22. The Morgan fingerprint density at radius 3 is 2.74 bits per heavy atom. The van der Waals surface area contributed by atoms with Gasteiger partial charge in [-0.1, -0.05) is 0 Å². The Bertz CT molecular complexity index is 433. The van der Waals surface area contributed by atoms with Gasteiger partial charge < -0.3 is 14.7 Å². The van der Waals surface area contributed by atoms with E-state index in [0.717, 1.165) is 0 Å². The summed E-state index contributed by atoms with van der Waals surface area (Å²) in [4.78, 5) is 12.9. The second kappa shape index (κ2) is 7.09. The highest BCUT2D eigenvalue weighted by molar-refractivity contribution is 5.75. The molecule has 1 aromatic carbocycles. The third-order valence-corrected chi connectivity index (χ3v) is 2.72. The summed E-state index contributed by atoms with van der Waals surface area (Å²) < 4.78 is 18.6. The van der Waals surface area contributed by atoms with Gasteiger partial charge in [-0.15, -0.1) is 0 Å². The summed E-state index contributed by atoms with van der Waals surface area (Å²) in [6.45, 7) is 1.90. The number of carbonyl (C=O) groups excluding carboxylic acids is 1. The number of aliphatic hydroxyl groups excluding tert-OH is 1. The summed E-state index contributed by atoms with van der Waals surface area (Å²) in [7, 11) is 3.39. The highest BCUT2D eigenvalue weighted by atomic mass is 19.1. The summed E-state index contributed by atoms with van der Waals surface area (Å²) in [5.74, 6) is -0.0605. The molecular weight excluding hydrogens is 249 g/mol. The standard InChI is InChI=1S/C14H20FNO3/c1-10(17)12-7-6-11(15)9-13(12)19-8-4-5-14(18)16(2)3/h6-7,9-10,17H,4-5,8H2,1-3H3. The van der Waals surface area contributed by atoms with Crippen LogP contribution in [0.5, 0.6) is 5.75 Å². The van der Waals surface area contributed by atoms with E-state index in [0.29, 0.717) is 30.8 Å². The van der Waals surface area contributed by atoms with Crippen molar-refractivity contribution in [2.45, 2.75) is 25.9 Å². The van der Waals surface area contributed by atoms with Crippen molar-refractivity contribution in [3.8, 4) is 5.75 Å². The number of halogens is 1. The maximum absolute atomic E-state index is 13.1. The third kappa shape index (κ3) is 4.87. The number of rotatable bonds is 6. The first-order valence-electron chi connectivity index (χ1n) is 6.22. The fourth-order valence-electron chi connectivity index (χ4n) is 1.61. The Morgan fingerprint density at radius 2 is 2.16 bits per heavy atom. The average Bonchev–Trinajstić information content (AvgIpc) is 2.33. The second-order valence-electron chi connectivity index (χ2n) is 4.60. The molecule has 1 atom stereocenters. The van der Waals surface area contributed by atoms with E-state index in [2.05, 4.69) is 0 Å². The van der Waals surface area contributed by atoms with Gasteiger partial charge in [0, 0.05) is 32.1 Å². The minimum atomic E-state index is -0.723. The molecule has 0 saturated carbocycles. The van der Waals surface area contributed by atoms with Crippen LogP contribution in [0.3, 0.4) is 0 Å². The zero-order valence-electron chi connectivity index (χ0n) is 11.5. The molecule has 4 nitrogen and oxygen atoms in total. The summed E-state index contributed by atoms with van der Waals surface area (Å²) in [5.41, 5.74) is 0.542. The molecule has 5 heteroatoms.